The maximum Gasteiger partial charge on any atom is 0.573 e. The third-order valence-corrected chi connectivity index (χ3v) is 2.98. The average Bonchev–Trinajstić information content (AvgIpc) is 2.64. The minimum absolute atomic E-state index is 0.0120. The number of carbonyl (C=O) groups is 1. The molecule has 8 heteroatoms. The summed E-state index contributed by atoms with van der Waals surface area (Å²) in [6, 6.07) is 4.21. The molecule has 1 fully saturated rings. The van der Waals surface area contributed by atoms with Crippen LogP contribution in [0.4, 0.5) is 18.0 Å². The van der Waals surface area contributed by atoms with Crippen molar-refractivity contribution in [2.75, 3.05) is 6.54 Å². The number of halogens is 3. The molecule has 1 atom stereocenters. The molecule has 1 saturated heterocycles. The Morgan fingerprint density at radius 1 is 1.33 bits per heavy atom. The lowest BCUT2D eigenvalue weighted by molar-refractivity contribution is -0.274. The van der Waals surface area contributed by atoms with Crippen LogP contribution in [0, 0.1) is 5.41 Å². The highest BCUT2D eigenvalue weighted by atomic mass is 19.4. The predicted molar refractivity (Wildman–Crippen MR) is 69.1 cm³/mol. The van der Waals surface area contributed by atoms with Gasteiger partial charge in [-0.15, -0.1) is 13.2 Å². The van der Waals surface area contributed by atoms with Gasteiger partial charge in [-0.05, 0) is 24.1 Å². The number of hydrogen-bond acceptors (Lipinski definition) is 3. The molecule has 0 aromatic heterocycles. The zero-order valence-corrected chi connectivity index (χ0v) is 11.2. The van der Waals surface area contributed by atoms with E-state index in [-0.39, 0.29) is 17.6 Å². The Kier molecular flexibility index (Phi) is 4.06. The van der Waals surface area contributed by atoms with Gasteiger partial charge in [-0.3, -0.25) is 10.7 Å². The fraction of sp³-hybridized carbons (Fsp3) is 0.385. The minimum atomic E-state index is -4.74. The normalized spacial score (nSPS) is 18.9. The van der Waals surface area contributed by atoms with Crippen molar-refractivity contribution in [3.05, 3.63) is 29.8 Å². The molecule has 5 nitrogen and oxygen atoms in total. The second kappa shape index (κ2) is 5.63. The summed E-state index contributed by atoms with van der Waals surface area (Å²) in [5, 5.41) is 10.2. The maximum atomic E-state index is 12.1. The van der Waals surface area contributed by atoms with Crippen LogP contribution >= 0.6 is 0 Å². The highest BCUT2D eigenvalue weighted by Crippen LogP contribution is 2.29. The second-order valence-electron chi connectivity index (χ2n) is 4.56. The maximum absolute atomic E-state index is 12.1. The summed E-state index contributed by atoms with van der Waals surface area (Å²) in [6.07, 6.45) is -4.03. The summed E-state index contributed by atoms with van der Waals surface area (Å²) < 4.78 is 40.1. The van der Waals surface area contributed by atoms with Crippen LogP contribution < -0.4 is 10.1 Å². The summed E-state index contributed by atoms with van der Waals surface area (Å²) in [7, 11) is 0. The largest absolute Gasteiger partial charge is 0.573 e. The molecular formula is C13H14F3N3O2. The van der Waals surface area contributed by atoms with E-state index in [2.05, 4.69) is 10.1 Å². The van der Waals surface area contributed by atoms with Crippen molar-refractivity contribution in [2.24, 2.45) is 0 Å². The first-order valence-electron chi connectivity index (χ1n) is 6.33. The van der Waals surface area contributed by atoms with Crippen molar-refractivity contribution in [2.45, 2.75) is 25.7 Å². The van der Waals surface area contributed by atoms with Crippen molar-refractivity contribution in [1.82, 2.24) is 10.2 Å². The molecule has 0 radical (unpaired) electrons. The lowest BCUT2D eigenvalue weighted by atomic mass is 10.1. The quantitative estimate of drug-likeness (QED) is 0.897. The third kappa shape index (κ3) is 3.45. The van der Waals surface area contributed by atoms with Crippen LogP contribution in [0.15, 0.2) is 24.3 Å². The first-order chi connectivity index (χ1) is 9.81. The molecule has 0 aliphatic carbocycles. The van der Waals surface area contributed by atoms with Gasteiger partial charge in [-0.2, -0.15) is 0 Å². The van der Waals surface area contributed by atoms with Crippen LogP contribution in [0.25, 0.3) is 0 Å². The number of benzene rings is 1. The number of nitrogens with zero attached hydrogens (tertiary/aromatic N) is 1. The van der Waals surface area contributed by atoms with Gasteiger partial charge in [0, 0.05) is 6.54 Å². The Morgan fingerprint density at radius 3 is 2.48 bits per heavy atom. The SMILES string of the molecule is CCCN1C(=O)NC(=N)C1c1ccc(OC(F)(F)F)cc1. The van der Waals surface area contributed by atoms with Crippen molar-refractivity contribution in [1.29, 1.82) is 5.41 Å². The minimum Gasteiger partial charge on any atom is -0.406 e. The number of nitrogens with one attached hydrogen (secondary N) is 2. The van der Waals surface area contributed by atoms with Gasteiger partial charge >= 0.3 is 12.4 Å². The standard InChI is InChI=1S/C13H14F3N3O2/c1-2-7-19-10(11(17)18-12(19)20)8-3-5-9(6-4-8)21-13(14,15)16/h3-6,10H,2,7H2,1H3,(H2,17,18,20). The Labute approximate surface area is 119 Å². The fourth-order valence-electron chi connectivity index (χ4n) is 2.20. The van der Waals surface area contributed by atoms with E-state index in [1.165, 1.54) is 29.2 Å². The van der Waals surface area contributed by atoms with Gasteiger partial charge in [-0.25, -0.2) is 4.79 Å². The molecular weight excluding hydrogens is 287 g/mol. The van der Waals surface area contributed by atoms with Gasteiger partial charge in [0.2, 0.25) is 0 Å². The van der Waals surface area contributed by atoms with Gasteiger partial charge in [-0.1, -0.05) is 19.1 Å². The Hall–Kier alpha value is -2.25. The van der Waals surface area contributed by atoms with Crippen LogP contribution in [0.5, 0.6) is 5.75 Å². The number of amides is 2. The third-order valence-electron chi connectivity index (χ3n) is 2.98. The summed E-state index contributed by atoms with van der Waals surface area (Å²) >= 11 is 0. The summed E-state index contributed by atoms with van der Waals surface area (Å²) in [6.45, 7) is 2.35. The van der Waals surface area contributed by atoms with E-state index in [0.29, 0.717) is 18.5 Å². The summed E-state index contributed by atoms with van der Waals surface area (Å²) in [4.78, 5) is 13.2. The number of hydrogen-bond donors (Lipinski definition) is 2. The van der Waals surface area contributed by atoms with Gasteiger partial charge in [0.15, 0.2) is 0 Å². The number of amidine groups is 1. The van der Waals surface area contributed by atoms with E-state index in [1.807, 2.05) is 6.92 Å². The number of ether oxygens (including phenoxy) is 1. The molecule has 114 valence electrons. The van der Waals surface area contributed by atoms with Crippen LogP contribution in [0.1, 0.15) is 24.9 Å². The van der Waals surface area contributed by atoms with Gasteiger partial charge in [0.05, 0.1) is 0 Å². The number of alkyl halides is 3. The van der Waals surface area contributed by atoms with Crippen molar-refractivity contribution < 1.29 is 22.7 Å². The number of rotatable bonds is 4. The van der Waals surface area contributed by atoms with Crippen LogP contribution in [0.3, 0.4) is 0 Å². The molecule has 1 aromatic rings. The smallest absolute Gasteiger partial charge is 0.406 e. The molecule has 21 heavy (non-hydrogen) atoms. The Morgan fingerprint density at radius 2 is 1.95 bits per heavy atom. The molecule has 1 aliphatic heterocycles. The zero-order chi connectivity index (χ0) is 15.6. The Balaban J connectivity index is 2.20. The van der Waals surface area contributed by atoms with Crippen LogP contribution in [0.2, 0.25) is 0 Å². The topological polar surface area (TPSA) is 65.4 Å². The number of carbonyl (C=O) groups excluding carboxylic acids is 1. The monoisotopic (exact) mass is 301 g/mol. The van der Waals surface area contributed by atoms with Gasteiger partial charge in [0.1, 0.15) is 17.6 Å². The van der Waals surface area contributed by atoms with Crippen LogP contribution in [-0.2, 0) is 0 Å². The predicted octanol–water partition coefficient (Wildman–Crippen LogP) is 3.04. The molecule has 1 aromatic carbocycles. The highest BCUT2D eigenvalue weighted by Gasteiger charge is 2.36. The fourth-order valence-corrected chi connectivity index (χ4v) is 2.20. The van der Waals surface area contributed by atoms with E-state index in [4.69, 9.17) is 5.41 Å². The molecule has 2 amide bonds. The van der Waals surface area contributed by atoms with Crippen molar-refractivity contribution >= 4 is 11.9 Å². The first-order valence-corrected chi connectivity index (χ1v) is 6.33. The van der Waals surface area contributed by atoms with E-state index in [9.17, 15) is 18.0 Å². The summed E-state index contributed by atoms with van der Waals surface area (Å²) in [5.74, 6) is -0.324. The average molecular weight is 301 g/mol. The van der Waals surface area contributed by atoms with E-state index in [0.717, 1.165) is 0 Å². The van der Waals surface area contributed by atoms with Crippen molar-refractivity contribution in [3.63, 3.8) is 0 Å². The molecule has 0 spiro atoms. The zero-order valence-electron chi connectivity index (χ0n) is 11.2. The molecule has 1 unspecified atom stereocenters. The Bertz CT molecular complexity index is 543. The van der Waals surface area contributed by atoms with E-state index < -0.39 is 12.4 Å². The lowest BCUT2D eigenvalue weighted by Gasteiger charge is -2.22. The molecule has 0 saturated carbocycles. The molecule has 2 rings (SSSR count). The van der Waals surface area contributed by atoms with E-state index >= 15 is 0 Å². The van der Waals surface area contributed by atoms with Crippen molar-refractivity contribution in [3.8, 4) is 5.75 Å². The lowest BCUT2D eigenvalue weighted by Crippen LogP contribution is -2.30. The van der Waals surface area contributed by atoms with E-state index in [1.54, 1.807) is 0 Å². The number of urea groups is 1. The van der Waals surface area contributed by atoms with Gasteiger partial charge in [0.25, 0.3) is 0 Å². The van der Waals surface area contributed by atoms with Crippen LogP contribution in [-0.4, -0.2) is 29.7 Å². The molecule has 1 aliphatic rings. The molecule has 2 N–H and O–H groups in total. The van der Waals surface area contributed by atoms with Gasteiger partial charge < -0.3 is 9.64 Å². The molecule has 1 heterocycles. The second-order valence-corrected chi connectivity index (χ2v) is 4.56. The molecule has 0 bridgehead atoms. The summed E-state index contributed by atoms with van der Waals surface area (Å²) in [5.41, 5.74) is 0.557. The first kappa shape index (κ1) is 15.1. The highest BCUT2D eigenvalue weighted by molar-refractivity contribution is 6.06.